The van der Waals surface area contributed by atoms with Gasteiger partial charge in [0.25, 0.3) is 0 Å². The minimum absolute atomic E-state index is 0.756. The number of esters is 1. The van der Waals surface area contributed by atoms with E-state index in [1.807, 2.05) is 0 Å². The standard InChI is InChI=1S/C8H8F6O4/c1-2-5(17)18-6(3-4(15)16,7(9,10)11)8(12,13)14/h2-3H2,1H3,(H,15,16). The van der Waals surface area contributed by atoms with Crippen LogP contribution < -0.4 is 0 Å². The Morgan fingerprint density at radius 1 is 1.06 bits per heavy atom. The summed E-state index contributed by atoms with van der Waals surface area (Å²) in [7, 11) is 0. The Kier molecular flexibility index (Phi) is 4.61. The molecular formula is C8H8F6O4. The minimum Gasteiger partial charge on any atom is -0.481 e. The summed E-state index contributed by atoms with van der Waals surface area (Å²) in [5.74, 6) is -4.19. The Morgan fingerprint density at radius 2 is 1.44 bits per heavy atom. The molecule has 0 amide bonds. The molecule has 0 aliphatic carbocycles. The molecule has 0 aliphatic heterocycles. The first-order chi connectivity index (χ1) is 7.87. The Hall–Kier alpha value is -1.48. The van der Waals surface area contributed by atoms with Crippen LogP contribution in [0.1, 0.15) is 19.8 Å². The number of rotatable bonds is 4. The van der Waals surface area contributed by atoms with Crippen LogP contribution in [0.25, 0.3) is 0 Å². The topological polar surface area (TPSA) is 63.6 Å². The molecule has 0 aromatic rings. The summed E-state index contributed by atoms with van der Waals surface area (Å²) >= 11 is 0. The van der Waals surface area contributed by atoms with Crippen LogP contribution in [-0.4, -0.2) is 35.0 Å². The van der Waals surface area contributed by atoms with E-state index < -0.39 is 42.7 Å². The molecule has 0 aliphatic rings. The second kappa shape index (κ2) is 5.02. The van der Waals surface area contributed by atoms with E-state index >= 15 is 0 Å². The first-order valence-corrected chi connectivity index (χ1v) is 4.44. The molecule has 1 N–H and O–H groups in total. The number of hydrogen-bond acceptors (Lipinski definition) is 3. The van der Waals surface area contributed by atoms with Crippen molar-refractivity contribution in [2.45, 2.75) is 37.7 Å². The van der Waals surface area contributed by atoms with Crippen molar-refractivity contribution in [3.63, 3.8) is 0 Å². The zero-order chi connectivity index (χ0) is 14.8. The van der Waals surface area contributed by atoms with Gasteiger partial charge in [0.1, 0.15) is 6.42 Å². The van der Waals surface area contributed by atoms with Gasteiger partial charge in [-0.2, -0.15) is 26.3 Å². The average Bonchev–Trinajstić information content (AvgIpc) is 2.12. The van der Waals surface area contributed by atoms with Crippen LogP contribution in [0.15, 0.2) is 0 Å². The molecule has 0 aromatic heterocycles. The molecule has 0 fully saturated rings. The van der Waals surface area contributed by atoms with Crippen molar-refractivity contribution in [3.8, 4) is 0 Å². The summed E-state index contributed by atoms with van der Waals surface area (Å²) in [6, 6.07) is 0. The maximum absolute atomic E-state index is 12.5. The van der Waals surface area contributed by atoms with E-state index in [1.165, 1.54) is 0 Å². The third-order valence-electron chi connectivity index (χ3n) is 1.89. The van der Waals surface area contributed by atoms with E-state index in [-0.39, 0.29) is 0 Å². The van der Waals surface area contributed by atoms with Gasteiger partial charge in [-0.3, -0.25) is 9.59 Å². The molecule has 0 radical (unpaired) electrons. The highest BCUT2D eigenvalue weighted by Gasteiger charge is 2.75. The zero-order valence-corrected chi connectivity index (χ0v) is 8.85. The van der Waals surface area contributed by atoms with E-state index in [0.717, 1.165) is 6.92 Å². The van der Waals surface area contributed by atoms with Crippen LogP contribution in [0.5, 0.6) is 0 Å². The van der Waals surface area contributed by atoms with E-state index in [0.29, 0.717) is 0 Å². The number of halogens is 6. The van der Waals surface area contributed by atoms with Gasteiger partial charge in [-0.05, 0) is 0 Å². The van der Waals surface area contributed by atoms with Gasteiger partial charge >= 0.3 is 29.9 Å². The summed E-state index contributed by atoms with van der Waals surface area (Å²) in [6.45, 7) is 0.973. The van der Waals surface area contributed by atoms with Gasteiger partial charge in [-0.25, -0.2) is 0 Å². The van der Waals surface area contributed by atoms with Gasteiger partial charge in [-0.1, -0.05) is 6.92 Å². The van der Waals surface area contributed by atoms with Crippen LogP contribution in [0, 0.1) is 0 Å². The number of alkyl halides is 6. The quantitative estimate of drug-likeness (QED) is 0.634. The van der Waals surface area contributed by atoms with Crippen LogP contribution in [0.4, 0.5) is 26.3 Å². The monoisotopic (exact) mass is 282 g/mol. The van der Waals surface area contributed by atoms with Crippen LogP contribution in [0.2, 0.25) is 0 Å². The number of aliphatic carboxylic acids is 1. The molecule has 0 bridgehead atoms. The molecule has 4 nitrogen and oxygen atoms in total. The van der Waals surface area contributed by atoms with Crippen LogP contribution in [-0.2, 0) is 14.3 Å². The van der Waals surface area contributed by atoms with Gasteiger partial charge in [0.2, 0.25) is 0 Å². The molecule has 0 unspecified atom stereocenters. The summed E-state index contributed by atoms with van der Waals surface area (Å²) in [6.07, 6.45) is -15.4. The molecule has 0 saturated carbocycles. The first kappa shape index (κ1) is 16.5. The molecule has 18 heavy (non-hydrogen) atoms. The molecule has 0 rings (SSSR count). The zero-order valence-electron chi connectivity index (χ0n) is 8.85. The molecule has 0 saturated heterocycles. The van der Waals surface area contributed by atoms with Crippen molar-refractivity contribution in [2.24, 2.45) is 0 Å². The maximum Gasteiger partial charge on any atom is 0.438 e. The van der Waals surface area contributed by atoms with Crippen molar-refractivity contribution in [1.82, 2.24) is 0 Å². The smallest absolute Gasteiger partial charge is 0.438 e. The number of carbonyl (C=O) groups is 2. The first-order valence-electron chi connectivity index (χ1n) is 4.44. The minimum atomic E-state index is -6.09. The predicted octanol–water partition coefficient (Wildman–Crippen LogP) is 2.28. The third kappa shape index (κ3) is 3.26. The fourth-order valence-electron chi connectivity index (χ4n) is 0.992. The van der Waals surface area contributed by atoms with Gasteiger partial charge in [0.05, 0.1) is 0 Å². The van der Waals surface area contributed by atoms with Gasteiger partial charge in [0, 0.05) is 6.42 Å². The maximum atomic E-state index is 12.5. The van der Waals surface area contributed by atoms with Crippen LogP contribution in [0.3, 0.4) is 0 Å². The predicted molar refractivity (Wildman–Crippen MR) is 43.5 cm³/mol. The lowest BCUT2D eigenvalue weighted by atomic mass is 9.97. The summed E-state index contributed by atoms with van der Waals surface area (Å²) < 4.78 is 78.2. The lowest BCUT2D eigenvalue weighted by Crippen LogP contribution is -2.60. The van der Waals surface area contributed by atoms with Crippen molar-refractivity contribution in [2.75, 3.05) is 0 Å². The van der Waals surface area contributed by atoms with Crippen LogP contribution >= 0.6 is 0 Å². The number of carboxylic acid groups (broad SMARTS) is 1. The largest absolute Gasteiger partial charge is 0.481 e. The van der Waals surface area contributed by atoms with E-state index in [4.69, 9.17) is 5.11 Å². The number of hydrogen-bond donors (Lipinski definition) is 1. The molecule has 0 heterocycles. The Morgan fingerprint density at radius 3 is 1.67 bits per heavy atom. The summed E-state index contributed by atoms with van der Waals surface area (Å²) in [4.78, 5) is 20.9. The number of carbonyl (C=O) groups excluding carboxylic acids is 1. The third-order valence-corrected chi connectivity index (χ3v) is 1.89. The normalized spacial score (nSPS) is 13.3. The molecule has 0 spiro atoms. The van der Waals surface area contributed by atoms with Crippen molar-refractivity contribution in [1.29, 1.82) is 0 Å². The second-order valence-corrected chi connectivity index (χ2v) is 3.22. The Balaban J connectivity index is 5.72. The Bertz CT molecular complexity index is 317. The highest BCUT2D eigenvalue weighted by Crippen LogP contribution is 2.48. The molecule has 106 valence electrons. The van der Waals surface area contributed by atoms with Crippen molar-refractivity contribution >= 4 is 11.9 Å². The lowest BCUT2D eigenvalue weighted by molar-refractivity contribution is -0.369. The number of carboxylic acids is 1. The highest BCUT2D eigenvalue weighted by molar-refractivity contribution is 5.72. The summed E-state index contributed by atoms with van der Waals surface area (Å²) in [5, 5.41) is 8.17. The second-order valence-electron chi connectivity index (χ2n) is 3.22. The fraction of sp³-hybridized carbons (Fsp3) is 0.750. The van der Waals surface area contributed by atoms with Gasteiger partial charge < -0.3 is 9.84 Å². The lowest BCUT2D eigenvalue weighted by Gasteiger charge is -2.35. The molecular weight excluding hydrogens is 274 g/mol. The highest BCUT2D eigenvalue weighted by atomic mass is 19.4. The molecule has 0 atom stereocenters. The molecule has 10 heteroatoms. The SMILES string of the molecule is CCC(=O)OC(CC(=O)O)(C(F)(F)F)C(F)(F)F. The van der Waals surface area contributed by atoms with Crippen molar-refractivity contribution in [3.05, 3.63) is 0 Å². The van der Waals surface area contributed by atoms with Gasteiger partial charge in [0.15, 0.2) is 0 Å². The van der Waals surface area contributed by atoms with Crippen molar-refractivity contribution < 1.29 is 45.8 Å². The van der Waals surface area contributed by atoms with E-state index in [9.17, 15) is 35.9 Å². The average molecular weight is 282 g/mol. The molecule has 0 aromatic carbocycles. The Labute approximate surface area is 96.5 Å². The van der Waals surface area contributed by atoms with E-state index in [1.54, 1.807) is 0 Å². The van der Waals surface area contributed by atoms with E-state index in [2.05, 4.69) is 4.74 Å². The summed E-state index contributed by atoms with van der Waals surface area (Å²) in [5.41, 5.74) is -5.03. The fourth-order valence-corrected chi connectivity index (χ4v) is 0.992. The number of ether oxygens (including phenoxy) is 1. The van der Waals surface area contributed by atoms with Gasteiger partial charge in [-0.15, -0.1) is 0 Å².